The van der Waals surface area contributed by atoms with Crippen molar-refractivity contribution >= 4 is 5.96 Å². The first-order valence-electron chi connectivity index (χ1n) is 10.6. The van der Waals surface area contributed by atoms with Crippen LogP contribution in [0.3, 0.4) is 0 Å². The molecular weight excluding hydrogens is 336 g/mol. The number of nitrogens with zero attached hydrogens (tertiary/aromatic N) is 2. The molecule has 5 nitrogen and oxygen atoms in total. The second-order valence-electron chi connectivity index (χ2n) is 8.30. The zero-order chi connectivity index (χ0) is 19.1. The highest BCUT2D eigenvalue weighted by molar-refractivity contribution is 5.78. The topological polar surface area (TPSA) is 62.9 Å². The summed E-state index contributed by atoms with van der Waals surface area (Å²) in [5.74, 6) is 0.585. The molecule has 0 amide bonds. The molecule has 0 radical (unpaired) electrons. The second kappa shape index (κ2) is 10.1. The van der Waals surface area contributed by atoms with E-state index in [-0.39, 0.29) is 0 Å². The van der Waals surface area contributed by atoms with E-state index in [4.69, 9.17) is 10.5 Å². The fourth-order valence-electron chi connectivity index (χ4n) is 4.28. The number of guanidine groups is 1. The van der Waals surface area contributed by atoms with Gasteiger partial charge >= 0.3 is 0 Å². The van der Waals surface area contributed by atoms with Crippen LogP contribution in [0.25, 0.3) is 0 Å². The van der Waals surface area contributed by atoms with E-state index in [0.717, 1.165) is 19.6 Å². The highest BCUT2D eigenvalue weighted by Gasteiger charge is 2.21. The number of hydrogen-bond acceptors (Lipinski definition) is 3. The number of aliphatic imine (C=N–C) groups is 1. The number of nitrogens with two attached hydrogens (primary N) is 1. The van der Waals surface area contributed by atoms with Crippen LogP contribution < -0.4 is 11.1 Å². The largest absolute Gasteiger partial charge is 0.373 e. The van der Waals surface area contributed by atoms with Gasteiger partial charge in [0.25, 0.3) is 0 Å². The molecule has 1 aromatic carbocycles. The lowest BCUT2D eigenvalue weighted by Crippen LogP contribution is -2.44. The van der Waals surface area contributed by atoms with E-state index in [1.165, 1.54) is 49.7 Å². The van der Waals surface area contributed by atoms with E-state index in [1.807, 2.05) is 0 Å². The fraction of sp³-hybridized carbons (Fsp3) is 0.682. The van der Waals surface area contributed by atoms with Crippen LogP contribution in [-0.4, -0.2) is 42.2 Å². The number of rotatable bonds is 5. The van der Waals surface area contributed by atoms with Crippen molar-refractivity contribution in [2.75, 3.05) is 13.1 Å². The minimum atomic E-state index is 0.311. The molecule has 0 bridgehead atoms. The lowest BCUT2D eigenvalue weighted by atomic mass is 10.1. The first kappa shape index (κ1) is 20.2. The van der Waals surface area contributed by atoms with Gasteiger partial charge in [-0.3, -0.25) is 4.90 Å². The first-order valence-corrected chi connectivity index (χ1v) is 10.6. The number of nitrogens with one attached hydrogen (secondary N) is 1. The molecule has 1 saturated carbocycles. The number of hydrogen-bond donors (Lipinski definition) is 2. The summed E-state index contributed by atoms with van der Waals surface area (Å²) in [4.78, 5) is 7.01. The van der Waals surface area contributed by atoms with E-state index in [0.29, 0.717) is 30.8 Å². The molecule has 0 spiro atoms. The van der Waals surface area contributed by atoms with Gasteiger partial charge in [-0.2, -0.15) is 0 Å². The molecule has 2 fully saturated rings. The lowest BCUT2D eigenvalue weighted by molar-refractivity contribution is -0.0704. The molecule has 1 saturated heterocycles. The number of benzene rings is 1. The van der Waals surface area contributed by atoms with Crippen LogP contribution in [0, 0.1) is 0 Å². The summed E-state index contributed by atoms with van der Waals surface area (Å²) in [6.45, 7) is 7.92. The predicted molar refractivity (Wildman–Crippen MR) is 112 cm³/mol. The molecule has 5 heteroatoms. The number of ether oxygens (including phenoxy) is 1. The SMILES string of the molecule is CC1CN(Cc2ccc(CN=C(N)NC3CCCCCC3)cc2)CC(C)O1. The Morgan fingerprint density at radius 3 is 2.26 bits per heavy atom. The normalized spacial score (nSPS) is 25.9. The Kier molecular flexibility index (Phi) is 7.53. The molecule has 0 aromatic heterocycles. The summed E-state index contributed by atoms with van der Waals surface area (Å²) in [6.07, 6.45) is 8.35. The van der Waals surface area contributed by atoms with Gasteiger partial charge in [-0.15, -0.1) is 0 Å². The minimum Gasteiger partial charge on any atom is -0.373 e. The summed E-state index contributed by atoms with van der Waals surface area (Å²) >= 11 is 0. The Morgan fingerprint density at radius 2 is 1.63 bits per heavy atom. The van der Waals surface area contributed by atoms with Gasteiger partial charge in [0.05, 0.1) is 18.8 Å². The summed E-state index contributed by atoms with van der Waals surface area (Å²) in [5, 5.41) is 3.41. The molecule has 3 N–H and O–H groups in total. The highest BCUT2D eigenvalue weighted by Crippen LogP contribution is 2.17. The Morgan fingerprint density at radius 1 is 1.04 bits per heavy atom. The average molecular weight is 373 g/mol. The first-order chi connectivity index (χ1) is 13.1. The van der Waals surface area contributed by atoms with Crippen molar-refractivity contribution in [2.24, 2.45) is 10.7 Å². The third kappa shape index (κ3) is 6.82. The molecule has 2 atom stereocenters. The Hall–Kier alpha value is -1.59. The maximum absolute atomic E-state index is 6.10. The van der Waals surface area contributed by atoms with Gasteiger partial charge in [-0.05, 0) is 37.8 Å². The van der Waals surface area contributed by atoms with Gasteiger partial charge in [-0.1, -0.05) is 49.9 Å². The number of morpholine rings is 1. The Bertz CT molecular complexity index is 583. The van der Waals surface area contributed by atoms with Crippen LogP contribution in [0.1, 0.15) is 63.5 Å². The van der Waals surface area contributed by atoms with E-state index in [9.17, 15) is 0 Å². The quantitative estimate of drug-likeness (QED) is 0.472. The van der Waals surface area contributed by atoms with E-state index in [1.54, 1.807) is 0 Å². The molecule has 1 heterocycles. The standard InChI is InChI=1S/C22H36N4O/c1-17-14-26(15-18(2)27-17)16-20-11-9-19(10-12-20)13-24-22(23)25-21-7-5-3-4-6-8-21/h9-12,17-18,21H,3-8,13-16H2,1-2H3,(H3,23,24,25). The molecule has 1 aliphatic carbocycles. The smallest absolute Gasteiger partial charge is 0.189 e. The average Bonchev–Trinajstić information content (AvgIpc) is 2.89. The predicted octanol–water partition coefficient (Wildman–Crippen LogP) is 3.42. The Labute approximate surface area is 164 Å². The van der Waals surface area contributed by atoms with Crippen molar-refractivity contribution < 1.29 is 4.74 Å². The van der Waals surface area contributed by atoms with Crippen molar-refractivity contribution in [1.29, 1.82) is 0 Å². The fourth-order valence-corrected chi connectivity index (χ4v) is 4.28. The van der Waals surface area contributed by atoms with Crippen molar-refractivity contribution in [2.45, 2.75) is 83.7 Å². The molecule has 27 heavy (non-hydrogen) atoms. The van der Waals surface area contributed by atoms with Crippen LogP contribution in [-0.2, 0) is 17.8 Å². The molecule has 2 unspecified atom stereocenters. The van der Waals surface area contributed by atoms with Crippen molar-refractivity contribution in [3.63, 3.8) is 0 Å². The molecule has 1 aliphatic heterocycles. The molecule has 2 aliphatic rings. The van der Waals surface area contributed by atoms with E-state index >= 15 is 0 Å². The molecule has 3 rings (SSSR count). The van der Waals surface area contributed by atoms with Gasteiger partial charge in [0.1, 0.15) is 0 Å². The van der Waals surface area contributed by atoms with E-state index in [2.05, 4.69) is 53.3 Å². The second-order valence-corrected chi connectivity index (χ2v) is 8.30. The van der Waals surface area contributed by atoms with Gasteiger partial charge in [0.15, 0.2) is 5.96 Å². The van der Waals surface area contributed by atoms with Crippen LogP contribution in [0.15, 0.2) is 29.3 Å². The van der Waals surface area contributed by atoms with Gasteiger partial charge in [0.2, 0.25) is 0 Å². The van der Waals surface area contributed by atoms with E-state index < -0.39 is 0 Å². The van der Waals surface area contributed by atoms with Gasteiger partial charge < -0.3 is 15.8 Å². The van der Waals surface area contributed by atoms with Crippen LogP contribution in [0.5, 0.6) is 0 Å². The summed E-state index contributed by atoms with van der Waals surface area (Å²) in [6, 6.07) is 9.27. The monoisotopic (exact) mass is 372 g/mol. The summed E-state index contributed by atoms with van der Waals surface area (Å²) in [5.41, 5.74) is 8.65. The zero-order valence-electron chi connectivity index (χ0n) is 17.0. The summed E-state index contributed by atoms with van der Waals surface area (Å²) < 4.78 is 5.81. The minimum absolute atomic E-state index is 0.311. The van der Waals surface area contributed by atoms with Crippen LogP contribution >= 0.6 is 0 Å². The molecule has 1 aromatic rings. The van der Waals surface area contributed by atoms with Crippen molar-refractivity contribution in [3.8, 4) is 0 Å². The van der Waals surface area contributed by atoms with Crippen LogP contribution in [0.2, 0.25) is 0 Å². The summed E-state index contributed by atoms with van der Waals surface area (Å²) in [7, 11) is 0. The zero-order valence-corrected chi connectivity index (χ0v) is 17.0. The van der Waals surface area contributed by atoms with Crippen molar-refractivity contribution in [1.82, 2.24) is 10.2 Å². The van der Waals surface area contributed by atoms with Crippen LogP contribution in [0.4, 0.5) is 0 Å². The lowest BCUT2D eigenvalue weighted by Gasteiger charge is -2.35. The maximum Gasteiger partial charge on any atom is 0.189 e. The highest BCUT2D eigenvalue weighted by atomic mass is 16.5. The molecule has 150 valence electrons. The third-order valence-electron chi connectivity index (χ3n) is 5.56. The third-order valence-corrected chi connectivity index (χ3v) is 5.56. The van der Waals surface area contributed by atoms with Gasteiger partial charge in [-0.25, -0.2) is 4.99 Å². The van der Waals surface area contributed by atoms with Crippen molar-refractivity contribution in [3.05, 3.63) is 35.4 Å². The Balaban J connectivity index is 1.46. The molecular formula is C22H36N4O. The maximum atomic E-state index is 6.10. The van der Waals surface area contributed by atoms with Gasteiger partial charge in [0, 0.05) is 25.7 Å².